The van der Waals surface area contributed by atoms with Crippen molar-refractivity contribution in [3.8, 4) is 22.6 Å². The summed E-state index contributed by atoms with van der Waals surface area (Å²) in [5, 5.41) is 0.996. The first kappa shape index (κ1) is 22.2. The molecule has 1 aliphatic heterocycles. The van der Waals surface area contributed by atoms with Gasteiger partial charge in [0.15, 0.2) is 11.8 Å². The predicted molar refractivity (Wildman–Crippen MR) is 138 cm³/mol. The summed E-state index contributed by atoms with van der Waals surface area (Å²) in [4.78, 5) is 25.0. The molecule has 0 saturated carbocycles. The number of aromatic amines is 2. The van der Waals surface area contributed by atoms with E-state index in [1.807, 2.05) is 38.5 Å². The third-order valence-corrected chi connectivity index (χ3v) is 6.39. The largest absolute Gasteiger partial charge is 0.497 e. The summed E-state index contributed by atoms with van der Waals surface area (Å²) in [7, 11) is 5.72. The van der Waals surface area contributed by atoms with Gasteiger partial charge in [0.05, 0.1) is 25.7 Å². The Balaban J connectivity index is 1.41. The van der Waals surface area contributed by atoms with Gasteiger partial charge in [-0.3, -0.25) is 4.98 Å². The monoisotopic (exact) mass is 482 g/mol. The summed E-state index contributed by atoms with van der Waals surface area (Å²) >= 11 is 0. The molecule has 2 aromatic carbocycles. The van der Waals surface area contributed by atoms with Gasteiger partial charge in [0.1, 0.15) is 35.9 Å². The Bertz CT molecular complexity index is 1560. The molecule has 5 aromatic rings. The topological polar surface area (TPSA) is 93.5 Å². The number of pyridine rings is 1. The lowest BCUT2D eigenvalue weighted by molar-refractivity contribution is -0.347. The van der Waals surface area contributed by atoms with Crippen LogP contribution in [0.5, 0.6) is 11.5 Å². The van der Waals surface area contributed by atoms with Gasteiger partial charge < -0.3 is 19.3 Å². The molecule has 2 N–H and O–H groups in total. The maximum absolute atomic E-state index is 6.15. The Labute approximate surface area is 208 Å². The lowest BCUT2D eigenvalue weighted by atomic mass is 10.0. The SMILES string of the molecule is COc1ccc2c(N3CCOc4ccc(-c5cnc6[nH+]c[nH]c6c5)cc4C3)nc(CN(C)C)nc2c1. The second-order valence-corrected chi connectivity index (χ2v) is 9.23. The van der Waals surface area contributed by atoms with Crippen molar-refractivity contribution in [3.05, 3.63) is 66.4 Å². The van der Waals surface area contributed by atoms with Gasteiger partial charge in [-0.25, -0.2) is 15.0 Å². The molecule has 4 heterocycles. The minimum Gasteiger partial charge on any atom is -0.497 e. The van der Waals surface area contributed by atoms with Crippen molar-refractivity contribution in [2.45, 2.75) is 13.1 Å². The van der Waals surface area contributed by atoms with Crippen molar-refractivity contribution in [3.63, 3.8) is 0 Å². The Hall–Kier alpha value is -4.24. The lowest BCUT2D eigenvalue weighted by Crippen LogP contribution is -2.27. The van der Waals surface area contributed by atoms with Crippen molar-refractivity contribution in [1.29, 1.82) is 0 Å². The molecule has 0 amide bonds. The van der Waals surface area contributed by atoms with Crippen LogP contribution in [-0.2, 0) is 13.1 Å². The highest BCUT2D eigenvalue weighted by Gasteiger charge is 2.21. The van der Waals surface area contributed by atoms with E-state index in [1.54, 1.807) is 13.4 Å². The highest BCUT2D eigenvalue weighted by atomic mass is 16.5. The van der Waals surface area contributed by atoms with Crippen LogP contribution in [0.3, 0.4) is 0 Å². The highest BCUT2D eigenvalue weighted by Crippen LogP contribution is 2.33. The van der Waals surface area contributed by atoms with Gasteiger partial charge in [-0.1, -0.05) is 6.07 Å². The van der Waals surface area contributed by atoms with Gasteiger partial charge in [0.2, 0.25) is 0 Å². The summed E-state index contributed by atoms with van der Waals surface area (Å²) in [5.41, 5.74) is 5.93. The molecule has 9 heteroatoms. The van der Waals surface area contributed by atoms with Gasteiger partial charge in [0.25, 0.3) is 5.65 Å². The van der Waals surface area contributed by atoms with Crippen LogP contribution < -0.4 is 19.4 Å². The first-order valence-corrected chi connectivity index (χ1v) is 11.9. The van der Waals surface area contributed by atoms with Crippen LogP contribution in [0, 0.1) is 0 Å². The van der Waals surface area contributed by atoms with E-state index in [0.717, 1.165) is 68.4 Å². The molecule has 0 radical (unpaired) electrons. The normalized spacial score (nSPS) is 13.6. The van der Waals surface area contributed by atoms with Crippen LogP contribution in [0.4, 0.5) is 5.82 Å². The minimum atomic E-state index is 0.572. The summed E-state index contributed by atoms with van der Waals surface area (Å²) in [5.74, 6) is 3.36. The molecule has 1 aliphatic rings. The zero-order chi connectivity index (χ0) is 24.6. The van der Waals surface area contributed by atoms with Gasteiger partial charge in [-0.15, -0.1) is 4.98 Å². The predicted octanol–water partition coefficient (Wildman–Crippen LogP) is 3.46. The average Bonchev–Trinajstić information content (AvgIpc) is 3.25. The maximum Gasteiger partial charge on any atom is 0.299 e. The molecular weight excluding hydrogens is 454 g/mol. The van der Waals surface area contributed by atoms with Gasteiger partial charge in [0, 0.05) is 29.1 Å². The number of methoxy groups -OCH3 is 1. The fraction of sp³-hybridized carbons (Fsp3) is 0.259. The Morgan fingerprint density at radius 3 is 2.89 bits per heavy atom. The Kier molecular flexibility index (Phi) is 5.61. The third kappa shape index (κ3) is 4.18. The van der Waals surface area contributed by atoms with Crippen LogP contribution in [0.1, 0.15) is 11.4 Å². The number of aromatic nitrogens is 5. The lowest BCUT2D eigenvalue weighted by Gasteiger charge is -2.24. The molecule has 9 nitrogen and oxygen atoms in total. The molecule has 0 bridgehead atoms. The number of hydrogen-bond acceptors (Lipinski definition) is 7. The van der Waals surface area contributed by atoms with Crippen LogP contribution in [0.2, 0.25) is 0 Å². The molecular formula is C27H28N7O2+. The van der Waals surface area contributed by atoms with Crippen molar-refractivity contribution in [1.82, 2.24) is 24.8 Å². The summed E-state index contributed by atoms with van der Waals surface area (Å²) in [6.45, 7) is 2.61. The third-order valence-electron chi connectivity index (χ3n) is 6.39. The van der Waals surface area contributed by atoms with Crippen molar-refractivity contribution in [2.24, 2.45) is 0 Å². The van der Waals surface area contributed by atoms with E-state index in [9.17, 15) is 0 Å². The number of hydrogen-bond donors (Lipinski definition) is 1. The maximum atomic E-state index is 6.15. The zero-order valence-corrected chi connectivity index (χ0v) is 20.6. The number of ether oxygens (including phenoxy) is 2. The molecule has 0 unspecified atom stereocenters. The first-order valence-electron chi connectivity index (χ1n) is 11.9. The first-order chi connectivity index (χ1) is 17.6. The Morgan fingerprint density at radius 1 is 1.11 bits per heavy atom. The van der Waals surface area contributed by atoms with E-state index in [1.165, 1.54) is 0 Å². The molecule has 0 fully saturated rings. The molecule has 3 aromatic heterocycles. The van der Waals surface area contributed by atoms with Crippen LogP contribution >= 0.6 is 0 Å². The number of anilines is 1. The van der Waals surface area contributed by atoms with E-state index in [0.29, 0.717) is 19.7 Å². The summed E-state index contributed by atoms with van der Waals surface area (Å²) < 4.78 is 11.6. The fourth-order valence-electron chi connectivity index (χ4n) is 4.65. The number of imidazole rings is 1. The van der Waals surface area contributed by atoms with Gasteiger partial charge in [-0.05, 0) is 50.0 Å². The van der Waals surface area contributed by atoms with E-state index < -0.39 is 0 Å². The number of fused-ring (bicyclic) bond motifs is 3. The van der Waals surface area contributed by atoms with E-state index in [-0.39, 0.29) is 0 Å². The fourth-order valence-corrected chi connectivity index (χ4v) is 4.65. The second kappa shape index (κ2) is 9.09. The smallest absolute Gasteiger partial charge is 0.299 e. The molecule has 0 saturated heterocycles. The number of H-pyrrole nitrogens is 2. The number of rotatable bonds is 5. The van der Waals surface area contributed by atoms with E-state index in [4.69, 9.17) is 19.4 Å². The van der Waals surface area contributed by atoms with Crippen molar-refractivity contribution >= 4 is 27.9 Å². The Morgan fingerprint density at radius 2 is 2.03 bits per heavy atom. The molecule has 182 valence electrons. The van der Waals surface area contributed by atoms with E-state index in [2.05, 4.69) is 49.0 Å². The van der Waals surface area contributed by atoms with Crippen LogP contribution in [0.15, 0.2) is 55.0 Å². The molecule has 36 heavy (non-hydrogen) atoms. The molecule has 6 rings (SSSR count). The quantitative estimate of drug-likeness (QED) is 0.410. The summed E-state index contributed by atoms with van der Waals surface area (Å²) in [6, 6.07) is 14.4. The molecule has 0 spiro atoms. The van der Waals surface area contributed by atoms with Gasteiger partial charge in [-0.2, -0.15) is 0 Å². The van der Waals surface area contributed by atoms with Gasteiger partial charge >= 0.3 is 0 Å². The van der Waals surface area contributed by atoms with Crippen LogP contribution in [0.25, 0.3) is 33.2 Å². The number of nitrogens with zero attached hydrogens (tertiary/aromatic N) is 5. The minimum absolute atomic E-state index is 0.572. The molecule has 0 atom stereocenters. The average molecular weight is 483 g/mol. The standard InChI is InChI=1S/C27H27N7O2/c1-33(2)15-25-31-22-12-20(35-3)5-6-21(22)27(32-25)34-8-9-36-24-7-4-17(10-19(24)14-34)18-11-23-26(28-13-18)30-16-29-23/h4-7,10-13,16H,8-9,14-15H2,1-3H3,(H,28,29,30)/p+1. The number of benzene rings is 2. The molecule has 0 aliphatic carbocycles. The summed E-state index contributed by atoms with van der Waals surface area (Å²) in [6.07, 6.45) is 3.68. The number of nitrogens with one attached hydrogen (secondary N) is 2. The van der Waals surface area contributed by atoms with Crippen molar-refractivity contribution < 1.29 is 14.5 Å². The van der Waals surface area contributed by atoms with Crippen molar-refractivity contribution in [2.75, 3.05) is 39.3 Å². The second-order valence-electron chi connectivity index (χ2n) is 9.23. The zero-order valence-electron chi connectivity index (χ0n) is 20.6. The highest BCUT2D eigenvalue weighted by molar-refractivity contribution is 5.90. The van der Waals surface area contributed by atoms with Crippen LogP contribution in [-0.4, -0.2) is 59.2 Å². The van der Waals surface area contributed by atoms with E-state index >= 15 is 0 Å².